The quantitative estimate of drug-likeness (QED) is 0.380. The fraction of sp³-hybridized carbons (Fsp3) is 0.276. The van der Waals surface area contributed by atoms with Gasteiger partial charge in [0, 0.05) is 36.1 Å². The Labute approximate surface area is 216 Å². The molecule has 5 rings (SSSR count). The van der Waals surface area contributed by atoms with Crippen molar-refractivity contribution in [3.63, 3.8) is 0 Å². The number of pyridine rings is 1. The molecule has 0 saturated carbocycles. The number of ether oxygens (including phenoxy) is 1. The van der Waals surface area contributed by atoms with Crippen LogP contribution in [0, 0.1) is 12.8 Å². The zero-order valence-electron chi connectivity index (χ0n) is 20.9. The van der Waals surface area contributed by atoms with E-state index < -0.39 is 0 Å². The van der Waals surface area contributed by atoms with Crippen molar-refractivity contribution in [2.45, 2.75) is 32.9 Å². The number of rotatable bonds is 8. The van der Waals surface area contributed by atoms with Gasteiger partial charge in [-0.2, -0.15) is 0 Å². The summed E-state index contributed by atoms with van der Waals surface area (Å²) in [6.45, 7) is 4.83. The number of amides is 2. The zero-order chi connectivity index (χ0) is 25.8. The van der Waals surface area contributed by atoms with Crippen LogP contribution in [0.15, 0.2) is 73.1 Å². The third kappa shape index (κ3) is 5.98. The molecule has 8 nitrogen and oxygen atoms in total. The Morgan fingerprint density at radius 1 is 1.08 bits per heavy atom. The van der Waals surface area contributed by atoms with Crippen LogP contribution in [0.4, 0.5) is 5.69 Å². The van der Waals surface area contributed by atoms with Gasteiger partial charge >= 0.3 is 0 Å². The molecule has 8 heteroatoms. The number of aryl methyl sites for hydroxylation is 1. The van der Waals surface area contributed by atoms with E-state index in [1.54, 1.807) is 24.3 Å². The SMILES string of the molecule is Cc1cccn2cc(COc3ccc(C(=O)Nc4cccc(CN5CCC(C(N)=O)CC5)c4)cc3)nc12. The second-order valence-corrected chi connectivity index (χ2v) is 9.57. The van der Waals surface area contributed by atoms with Crippen molar-refractivity contribution in [1.82, 2.24) is 14.3 Å². The molecule has 1 aliphatic rings. The summed E-state index contributed by atoms with van der Waals surface area (Å²) in [5.74, 6) is 0.272. The maximum absolute atomic E-state index is 12.8. The lowest BCUT2D eigenvalue weighted by Gasteiger charge is -2.30. The van der Waals surface area contributed by atoms with Gasteiger partial charge in [-0.15, -0.1) is 0 Å². The number of benzene rings is 2. The summed E-state index contributed by atoms with van der Waals surface area (Å²) in [7, 11) is 0. The maximum Gasteiger partial charge on any atom is 0.255 e. The van der Waals surface area contributed by atoms with Crippen molar-refractivity contribution in [3.05, 3.63) is 95.4 Å². The third-order valence-electron chi connectivity index (χ3n) is 6.81. The van der Waals surface area contributed by atoms with Gasteiger partial charge in [0.05, 0.1) is 5.69 Å². The molecule has 0 radical (unpaired) electrons. The highest BCUT2D eigenvalue weighted by atomic mass is 16.5. The number of hydrogen-bond acceptors (Lipinski definition) is 5. The average molecular weight is 498 g/mol. The van der Waals surface area contributed by atoms with E-state index in [9.17, 15) is 9.59 Å². The number of imidazole rings is 1. The van der Waals surface area contributed by atoms with Crippen LogP contribution in [0.5, 0.6) is 5.75 Å². The number of fused-ring (bicyclic) bond motifs is 1. The van der Waals surface area contributed by atoms with Crippen molar-refractivity contribution >= 4 is 23.1 Å². The van der Waals surface area contributed by atoms with Crippen LogP contribution in [0.1, 0.15) is 40.0 Å². The number of primary amides is 1. The molecule has 0 aliphatic carbocycles. The number of nitrogens with zero attached hydrogens (tertiary/aromatic N) is 3. The van der Waals surface area contributed by atoms with Gasteiger partial charge in [0.15, 0.2) is 0 Å². The molecule has 0 spiro atoms. The van der Waals surface area contributed by atoms with E-state index in [1.807, 2.05) is 60.1 Å². The third-order valence-corrected chi connectivity index (χ3v) is 6.81. The predicted octanol–water partition coefficient (Wildman–Crippen LogP) is 4.17. The maximum atomic E-state index is 12.8. The molecule has 190 valence electrons. The van der Waals surface area contributed by atoms with Crippen LogP contribution in [0.2, 0.25) is 0 Å². The van der Waals surface area contributed by atoms with Crippen LogP contribution in [0.25, 0.3) is 5.65 Å². The van der Waals surface area contributed by atoms with Crippen LogP contribution < -0.4 is 15.8 Å². The number of nitrogens with two attached hydrogens (primary N) is 1. The first-order valence-electron chi connectivity index (χ1n) is 12.5. The minimum Gasteiger partial charge on any atom is -0.487 e. The van der Waals surface area contributed by atoms with Gasteiger partial charge in [-0.05, 0) is 86.4 Å². The molecule has 1 fully saturated rings. The van der Waals surface area contributed by atoms with Crippen LogP contribution in [-0.4, -0.2) is 39.2 Å². The largest absolute Gasteiger partial charge is 0.487 e. The van der Waals surface area contributed by atoms with Crippen molar-refractivity contribution in [3.8, 4) is 5.75 Å². The number of likely N-dealkylation sites (tertiary alicyclic amines) is 1. The van der Waals surface area contributed by atoms with E-state index in [0.717, 1.165) is 60.6 Å². The summed E-state index contributed by atoms with van der Waals surface area (Å²) < 4.78 is 7.87. The molecule has 4 aromatic rings. The first-order chi connectivity index (χ1) is 17.9. The molecular formula is C29H31N5O3. The molecule has 1 aliphatic heterocycles. The fourth-order valence-electron chi connectivity index (χ4n) is 4.72. The van der Waals surface area contributed by atoms with Crippen molar-refractivity contribution in [2.24, 2.45) is 11.7 Å². The molecule has 2 aromatic heterocycles. The van der Waals surface area contributed by atoms with E-state index >= 15 is 0 Å². The Morgan fingerprint density at radius 3 is 2.59 bits per heavy atom. The summed E-state index contributed by atoms with van der Waals surface area (Å²) >= 11 is 0. The smallest absolute Gasteiger partial charge is 0.255 e. The molecule has 3 heterocycles. The summed E-state index contributed by atoms with van der Waals surface area (Å²) in [6.07, 6.45) is 5.52. The lowest BCUT2D eigenvalue weighted by atomic mass is 9.96. The average Bonchev–Trinajstić information content (AvgIpc) is 3.33. The van der Waals surface area contributed by atoms with E-state index in [0.29, 0.717) is 17.9 Å². The van der Waals surface area contributed by atoms with Gasteiger partial charge in [-0.1, -0.05) is 18.2 Å². The minimum atomic E-state index is -0.203. The predicted molar refractivity (Wildman–Crippen MR) is 142 cm³/mol. The van der Waals surface area contributed by atoms with E-state index in [2.05, 4.69) is 15.2 Å². The molecule has 2 aromatic carbocycles. The second kappa shape index (κ2) is 10.8. The summed E-state index contributed by atoms with van der Waals surface area (Å²) in [5, 5.41) is 2.98. The van der Waals surface area contributed by atoms with Crippen LogP contribution in [0.3, 0.4) is 0 Å². The first-order valence-corrected chi connectivity index (χ1v) is 12.5. The molecule has 1 saturated heterocycles. The number of nitrogens with one attached hydrogen (secondary N) is 1. The number of carbonyl (C=O) groups excluding carboxylic acids is 2. The Morgan fingerprint density at radius 2 is 1.86 bits per heavy atom. The highest BCUT2D eigenvalue weighted by molar-refractivity contribution is 6.04. The van der Waals surface area contributed by atoms with Gasteiger partial charge in [0.1, 0.15) is 18.0 Å². The van der Waals surface area contributed by atoms with Gasteiger partial charge in [-0.3, -0.25) is 14.5 Å². The fourth-order valence-corrected chi connectivity index (χ4v) is 4.72. The number of anilines is 1. The Kier molecular flexibility index (Phi) is 7.18. The van der Waals surface area contributed by atoms with Gasteiger partial charge < -0.3 is 20.2 Å². The minimum absolute atomic E-state index is 0.0196. The van der Waals surface area contributed by atoms with E-state index in [-0.39, 0.29) is 17.7 Å². The molecular weight excluding hydrogens is 466 g/mol. The topological polar surface area (TPSA) is 102 Å². The highest BCUT2D eigenvalue weighted by Gasteiger charge is 2.23. The number of hydrogen-bond donors (Lipinski definition) is 2. The van der Waals surface area contributed by atoms with E-state index in [4.69, 9.17) is 10.5 Å². The zero-order valence-corrected chi connectivity index (χ0v) is 20.9. The molecule has 3 N–H and O–H groups in total. The van der Waals surface area contributed by atoms with Gasteiger partial charge in [0.25, 0.3) is 5.91 Å². The standard InChI is InChI=1S/C29H31N5O3/c1-20-4-3-13-34-18-25(31-28(20)34)19-37-26-9-7-23(8-10-26)29(36)32-24-6-2-5-21(16-24)17-33-14-11-22(12-15-33)27(30)35/h2-10,13,16,18,22H,11-12,14-15,17,19H2,1H3,(H2,30,35)(H,32,36). The van der Waals surface area contributed by atoms with Crippen molar-refractivity contribution in [2.75, 3.05) is 18.4 Å². The van der Waals surface area contributed by atoms with Crippen molar-refractivity contribution < 1.29 is 14.3 Å². The molecule has 37 heavy (non-hydrogen) atoms. The van der Waals surface area contributed by atoms with Gasteiger partial charge in [-0.25, -0.2) is 4.98 Å². The monoisotopic (exact) mass is 497 g/mol. The van der Waals surface area contributed by atoms with E-state index in [1.165, 1.54) is 0 Å². The first kappa shape index (κ1) is 24.5. The van der Waals surface area contributed by atoms with Gasteiger partial charge in [0.2, 0.25) is 5.91 Å². The molecule has 2 amide bonds. The summed E-state index contributed by atoms with van der Waals surface area (Å²) in [5.41, 5.74) is 10.7. The number of carbonyl (C=O) groups is 2. The summed E-state index contributed by atoms with van der Waals surface area (Å²) in [6, 6.07) is 19.0. The lowest BCUT2D eigenvalue weighted by molar-refractivity contribution is -0.123. The Bertz CT molecular complexity index is 1400. The normalized spacial score (nSPS) is 14.5. The lowest BCUT2D eigenvalue weighted by Crippen LogP contribution is -2.38. The Balaban J connectivity index is 1.14. The molecule has 0 unspecified atom stereocenters. The second-order valence-electron chi connectivity index (χ2n) is 9.57. The van der Waals surface area contributed by atoms with Crippen LogP contribution in [-0.2, 0) is 17.9 Å². The summed E-state index contributed by atoms with van der Waals surface area (Å²) in [4.78, 5) is 31.1. The van der Waals surface area contributed by atoms with Crippen molar-refractivity contribution in [1.29, 1.82) is 0 Å². The highest BCUT2D eigenvalue weighted by Crippen LogP contribution is 2.21. The molecule has 0 atom stereocenters. The Hall–Kier alpha value is -4.17. The number of piperidine rings is 1. The van der Waals surface area contributed by atoms with Crippen LogP contribution >= 0.6 is 0 Å². The molecule has 0 bridgehead atoms. The number of aromatic nitrogens is 2.